The van der Waals surface area contributed by atoms with Gasteiger partial charge in [0.05, 0.1) is 0 Å². The van der Waals surface area contributed by atoms with E-state index in [1.165, 1.54) is 12.1 Å². The lowest BCUT2D eigenvalue weighted by molar-refractivity contribution is 0.208. The first-order chi connectivity index (χ1) is 8.15. The molecule has 1 rings (SSSR count). The molecule has 96 valence electrons. The summed E-state index contributed by atoms with van der Waals surface area (Å²) >= 11 is 0. The summed E-state index contributed by atoms with van der Waals surface area (Å²) in [4.78, 5) is 0. The monoisotopic (exact) mass is 244 g/mol. The highest BCUT2D eigenvalue weighted by atomic mass is 19.1. The van der Waals surface area contributed by atoms with Crippen LogP contribution in [0.25, 0.3) is 0 Å². The number of unbranched alkanes of at least 4 members (excludes halogenated alkanes) is 1. The summed E-state index contributed by atoms with van der Waals surface area (Å²) in [5.41, 5.74) is 0.561. The van der Waals surface area contributed by atoms with E-state index in [1.807, 2.05) is 0 Å². The number of rotatable bonds is 7. The van der Waals surface area contributed by atoms with Gasteiger partial charge in [-0.05, 0) is 42.9 Å². The minimum Gasteiger partial charge on any atom is -0.396 e. The molecule has 0 saturated heterocycles. The smallest absolute Gasteiger partial charge is 0.126 e. The zero-order valence-electron chi connectivity index (χ0n) is 9.70. The lowest BCUT2D eigenvalue weighted by atomic mass is 9.95. The second-order valence-electron chi connectivity index (χ2n) is 4.25. The van der Waals surface area contributed by atoms with Gasteiger partial charge in [-0.25, -0.2) is 8.78 Å². The molecule has 2 nitrogen and oxygen atoms in total. The van der Waals surface area contributed by atoms with Gasteiger partial charge in [-0.15, -0.1) is 0 Å². The molecule has 4 heteroatoms. The second-order valence-corrected chi connectivity index (χ2v) is 4.25. The van der Waals surface area contributed by atoms with Crippen LogP contribution in [-0.4, -0.2) is 23.4 Å². The van der Waals surface area contributed by atoms with Crippen LogP contribution >= 0.6 is 0 Å². The van der Waals surface area contributed by atoms with Crippen LogP contribution in [0.1, 0.15) is 24.8 Å². The summed E-state index contributed by atoms with van der Waals surface area (Å²) in [5, 5.41) is 17.8. The van der Waals surface area contributed by atoms with E-state index < -0.39 is 11.6 Å². The van der Waals surface area contributed by atoms with Crippen molar-refractivity contribution in [3.05, 3.63) is 35.4 Å². The molecule has 1 aromatic carbocycles. The molecule has 0 aliphatic heterocycles. The largest absolute Gasteiger partial charge is 0.396 e. The summed E-state index contributed by atoms with van der Waals surface area (Å²) in [5.74, 6) is -1.19. The van der Waals surface area contributed by atoms with E-state index in [9.17, 15) is 13.9 Å². The maximum atomic E-state index is 13.0. The topological polar surface area (TPSA) is 40.5 Å². The molecule has 0 aromatic heterocycles. The number of hydrogen-bond donors (Lipinski definition) is 2. The SMILES string of the molecule is OCCCC[C@@H](CO)Cc1cc(F)cc(F)c1. The van der Waals surface area contributed by atoms with Crippen molar-refractivity contribution in [3.63, 3.8) is 0 Å². The summed E-state index contributed by atoms with van der Waals surface area (Å²) in [7, 11) is 0. The number of hydrogen-bond acceptors (Lipinski definition) is 2. The fourth-order valence-electron chi connectivity index (χ4n) is 1.86. The van der Waals surface area contributed by atoms with E-state index in [2.05, 4.69) is 0 Å². The van der Waals surface area contributed by atoms with Crippen LogP contribution in [0.5, 0.6) is 0 Å². The van der Waals surface area contributed by atoms with Crippen LogP contribution in [0.15, 0.2) is 18.2 Å². The first-order valence-electron chi connectivity index (χ1n) is 5.82. The predicted octanol–water partition coefficient (Wildman–Crippen LogP) is 2.28. The number of aliphatic hydroxyl groups is 2. The van der Waals surface area contributed by atoms with Gasteiger partial charge >= 0.3 is 0 Å². The van der Waals surface area contributed by atoms with Gasteiger partial charge in [-0.3, -0.25) is 0 Å². The van der Waals surface area contributed by atoms with E-state index >= 15 is 0 Å². The minimum absolute atomic E-state index is 0.0104. The Morgan fingerprint density at radius 2 is 1.65 bits per heavy atom. The lowest BCUT2D eigenvalue weighted by Gasteiger charge is -2.13. The Hall–Kier alpha value is -1.00. The van der Waals surface area contributed by atoms with E-state index in [-0.39, 0.29) is 19.1 Å². The van der Waals surface area contributed by atoms with Crippen molar-refractivity contribution < 1.29 is 19.0 Å². The minimum atomic E-state index is -0.591. The maximum absolute atomic E-state index is 13.0. The summed E-state index contributed by atoms with van der Waals surface area (Å²) in [6, 6.07) is 3.42. The molecule has 0 aliphatic rings. The third-order valence-electron chi connectivity index (χ3n) is 2.73. The molecular weight excluding hydrogens is 226 g/mol. The zero-order valence-corrected chi connectivity index (χ0v) is 9.70. The van der Waals surface area contributed by atoms with Gasteiger partial charge < -0.3 is 10.2 Å². The van der Waals surface area contributed by atoms with Gasteiger partial charge in [0.15, 0.2) is 0 Å². The highest BCUT2D eigenvalue weighted by Crippen LogP contribution is 2.17. The fraction of sp³-hybridized carbons (Fsp3) is 0.538. The molecule has 0 aliphatic carbocycles. The predicted molar refractivity (Wildman–Crippen MR) is 61.6 cm³/mol. The molecule has 0 fully saturated rings. The molecule has 0 unspecified atom stereocenters. The van der Waals surface area contributed by atoms with Crippen LogP contribution < -0.4 is 0 Å². The zero-order chi connectivity index (χ0) is 12.7. The van der Waals surface area contributed by atoms with Crippen LogP contribution in [0, 0.1) is 17.6 Å². The van der Waals surface area contributed by atoms with E-state index in [0.717, 1.165) is 18.9 Å². The first-order valence-corrected chi connectivity index (χ1v) is 5.82. The Labute approximate surface area is 99.9 Å². The highest BCUT2D eigenvalue weighted by molar-refractivity contribution is 5.18. The Morgan fingerprint density at radius 1 is 1.00 bits per heavy atom. The van der Waals surface area contributed by atoms with Crippen molar-refractivity contribution in [1.82, 2.24) is 0 Å². The molecule has 17 heavy (non-hydrogen) atoms. The number of aliphatic hydroxyl groups excluding tert-OH is 2. The van der Waals surface area contributed by atoms with Gasteiger partial charge in [0, 0.05) is 19.3 Å². The molecule has 0 spiro atoms. The van der Waals surface area contributed by atoms with Crippen molar-refractivity contribution in [3.8, 4) is 0 Å². The molecular formula is C13H18F2O2. The van der Waals surface area contributed by atoms with Gasteiger partial charge in [-0.2, -0.15) is 0 Å². The summed E-state index contributed by atoms with van der Waals surface area (Å²) in [6.07, 6.45) is 2.69. The Kier molecular flexibility index (Phi) is 6.08. The third-order valence-corrected chi connectivity index (χ3v) is 2.73. The average molecular weight is 244 g/mol. The quantitative estimate of drug-likeness (QED) is 0.722. The number of halogens is 2. The average Bonchev–Trinajstić information content (AvgIpc) is 2.26. The third kappa shape index (κ3) is 5.24. The molecule has 1 aromatic rings. The van der Waals surface area contributed by atoms with Crippen LogP contribution in [0.2, 0.25) is 0 Å². The van der Waals surface area contributed by atoms with Crippen LogP contribution in [0.3, 0.4) is 0 Å². The van der Waals surface area contributed by atoms with Gasteiger partial charge in [0.2, 0.25) is 0 Å². The molecule has 0 amide bonds. The first kappa shape index (κ1) is 14.1. The Morgan fingerprint density at radius 3 is 2.18 bits per heavy atom. The van der Waals surface area contributed by atoms with E-state index in [1.54, 1.807) is 0 Å². The Balaban J connectivity index is 2.54. The highest BCUT2D eigenvalue weighted by Gasteiger charge is 2.10. The van der Waals surface area contributed by atoms with Crippen LogP contribution in [-0.2, 0) is 6.42 Å². The van der Waals surface area contributed by atoms with Crippen LogP contribution in [0.4, 0.5) is 8.78 Å². The van der Waals surface area contributed by atoms with Crippen molar-refractivity contribution >= 4 is 0 Å². The molecule has 0 radical (unpaired) electrons. The molecule has 0 bridgehead atoms. The number of benzene rings is 1. The molecule has 2 N–H and O–H groups in total. The van der Waals surface area contributed by atoms with E-state index in [0.29, 0.717) is 18.4 Å². The standard InChI is InChI=1S/C13H18F2O2/c14-12-6-11(7-13(15)8-12)5-10(9-17)3-1-2-4-16/h6-8,10,16-17H,1-5,9H2/t10-/m1/s1. The van der Waals surface area contributed by atoms with Gasteiger partial charge in [-0.1, -0.05) is 6.42 Å². The van der Waals surface area contributed by atoms with Gasteiger partial charge in [0.1, 0.15) is 11.6 Å². The van der Waals surface area contributed by atoms with Gasteiger partial charge in [0.25, 0.3) is 0 Å². The summed E-state index contributed by atoms with van der Waals surface area (Å²) in [6.45, 7) is 0.121. The lowest BCUT2D eigenvalue weighted by Crippen LogP contribution is -2.10. The fourth-order valence-corrected chi connectivity index (χ4v) is 1.86. The van der Waals surface area contributed by atoms with Crippen molar-refractivity contribution in [1.29, 1.82) is 0 Å². The maximum Gasteiger partial charge on any atom is 0.126 e. The normalized spacial score (nSPS) is 12.7. The van der Waals surface area contributed by atoms with E-state index in [4.69, 9.17) is 5.11 Å². The second kappa shape index (κ2) is 7.35. The molecule has 0 saturated carbocycles. The molecule has 0 heterocycles. The van der Waals surface area contributed by atoms with Crippen molar-refractivity contribution in [2.24, 2.45) is 5.92 Å². The summed E-state index contributed by atoms with van der Waals surface area (Å²) < 4.78 is 25.9. The van der Waals surface area contributed by atoms with Crippen molar-refractivity contribution in [2.45, 2.75) is 25.7 Å². The Bertz CT molecular complexity index is 322. The van der Waals surface area contributed by atoms with Crippen molar-refractivity contribution in [2.75, 3.05) is 13.2 Å². The molecule has 1 atom stereocenters.